The van der Waals surface area contributed by atoms with Gasteiger partial charge in [0.15, 0.2) is 0 Å². The highest BCUT2D eigenvalue weighted by molar-refractivity contribution is 6.41. The Morgan fingerprint density at radius 1 is 1.12 bits per heavy atom. The Morgan fingerprint density at radius 3 is 2.42 bits per heavy atom. The molecule has 7 nitrogen and oxygen atoms in total. The van der Waals surface area contributed by atoms with Gasteiger partial charge in [0, 0.05) is 12.1 Å². The average molecular weight is 348 g/mol. The first-order valence-corrected chi connectivity index (χ1v) is 7.37. The highest BCUT2D eigenvalue weighted by atomic mass is 35.5. The molecular weight excluding hydrogens is 334 g/mol. The molecule has 0 fully saturated rings. The fraction of sp³-hybridized carbons (Fsp3) is 0.125. The monoisotopic (exact) mass is 347 g/mol. The van der Waals surface area contributed by atoms with Crippen LogP contribution < -0.4 is 10.6 Å². The summed E-state index contributed by atoms with van der Waals surface area (Å²) in [6, 6.07) is 12.3. The van der Waals surface area contributed by atoms with Crippen molar-refractivity contribution in [2.45, 2.75) is 13.0 Å². The number of hydrogen-bond donors (Lipinski definition) is 2. The van der Waals surface area contributed by atoms with Crippen LogP contribution in [-0.4, -0.2) is 16.7 Å². The standard InChI is InChI=1S/C16H14ClN3O4/c1-10(11-5-3-2-4-6-11)18-15(21)16(22)19-14-9-12(20(23)24)7-8-13(14)17/h2-10H,1H3,(H,18,21)(H,19,22). The molecule has 24 heavy (non-hydrogen) atoms. The maximum atomic E-state index is 12.0. The summed E-state index contributed by atoms with van der Waals surface area (Å²) in [6.45, 7) is 1.74. The minimum absolute atomic E-state index is 0.00150. The Labute approximate surface area is 142 Å². The largest absolute Gasteiger partial charge is 0.341 e. The first-order chi connectivity index (χ1) is 11.4. The van der Waals surface area contributed by atoms with Crippen molar-refractivity contribution < 1.29 is 14.5 Å². The summed E-state index contributed by atoms with van der Waals surface area (Å²) < 4.78 is 0. The lowest BCUT2D eigenvalue weighted by atomic mass is 10.1. The molecule has 2 aromatic carbocycles. The van der Waals surface area contributed by atoms with Crippen molar-refractivity contribution in [2.75, 3.05) is 5.32 Å². The van der Waals surface area contributed by atoms with Gasteiger partial charge in [-0.25, -0.2) is 0 Å². The molecule has 2 rings (SSSR count). The van der Waals surface area contributed by atoms with Gasteiger partial charge in [0.05, 0.1) is 21.7 Å². The number of carbonyl (C=O) groups excluding carboxylic acids is 2. The van der Waals surface area contributed by atoms with E-state index in [0.717, 1.165) is 11.6 Å². The first-order valence-electron chi connectivity index (χ1n) is 6.99. The van der Waals surface area contributed by atoms with Crippen LogP contribution in [0.1, 0.15) is 18.5 Å². The second kappa shape index (κ2) is 7.56. The fourth-order valence-electron chi connectivity index (χ4n) is 1.99. The maximum Gasteiger partial charge on any atom is 0.313 e. The molecule has 0 aliphatic heterocycles. The summed E-state index contributed by atoms with van der Waals surface area (Å²) in [6.07, 6.45) is 0. The lowest BCUT2D eigenvalue weighted by Gasteiger charge is -2.14. The van der Waals surface area contributed by atoms with Gasteiger partial charge in [-0.2, -0.15) is 0 Å². The maximum absolute atomic E-state index is 12.0. The predicted octanol–water partition coefficient (Wildman–Crippen LogP) is 3.06. The minimum atomic E-state index is -0.958. The van der Waals surface area contributed by atoms with E-state index >= 15 is 0 Å². The van der Waals surface area contributed by atoms with E-state index < -0.39 is 16.7 Å². The van der Waals surface area contributed by atoms with Crippen LogP contribution in [0.3, 0.4) is 0 Å². The molecule has 0 aromatic heterocycles. The van der Waals surface area contributed by atoms with Gasteiger partial charge in [-0.3, -0.25) is 19.7 Å². The predicted molar refractivity (Wildman–Crippen MR) is 89.7 cm³/mol. The number of nitro benzene ring substituents is 1. The number of hydrogen-bond acceptors (Lipinski definition) is 4. The van der Waals surface area contributed by atoms with Crippen LogP contribution in [0.2, 0.25) is 5.02 Å². The number of nitro groups is 1. The minimum Gasteiger partial charge on any atom is -0.341 e. The molecule has 1 unspecified atom stereocenters. The van der Waals surface area contributed by atoms with Crippen LogP contribution in [0.5, 0.6) is 0 Å². The summed E-state index contributed by atoms with van der Waals surface area (Å²) in [7, 11) is 0. The number of nitrogens with one attached hydrogen (secondary N) is 2. The first kappa shape index (κ1) is 17.4. The molecule has 0 saturated carbocycles. The Kier molecular flexibility index (Phi) is 5.49. The van der Waals surface area contributed by atoms with Crippen LogP contribution in [-0.2, 0) is 9.59 Å². The Morgan fingerprint density at radius 2 is 1.79 bits per heavy atom. The van der Waals surface area contributed by atoms with E-state index in [9.17, 15) is 19.7 Å². The number of non-ortho nitro benzene ring substituents is 1. The van der Waals surface area contributed by atoms with Crippen molar-refractivity contribution in [3.8, 4) is 0 Å². The summed E-state index contributed by atoms with van der Waals surface area (Å²) in [5.41, 5.74) is 0.596. The lowest BCUT2D eigenvalue weighted by molar-refractivity contribution is -0.384. The van der Waals surface area contributed by atoms with E-state index in [4.69, 9.17) is 11.6 Å². The summed E-state index contributed by atoms with van der Waals surface area (Å²) >= 11 is 5.88. The summed E-state index contributed by atoms with van der Waals surface area (Å²) in [5.74, 6) is -1.82. The molecule has 1 atom stereocenters. The van der Waals surface area contributed by atoms with Crippen LogP contribution in [0.25, 0.3) is 0 Å². The number of halogens is 1. The van der Waals surface area contributed by atoms with Gasteiger partial charge in [0.2, 0.25) is 0 Å². The van der Waals surface area contributed by atoms with Gasteiger partial charge in [-0.15, -0.1) is 0 Å². The van der Waals surface area contributed by atoms with Crippen molar-refractivity contribution >= 4 is 34.8 Å². The van der Waals surface area contributed by atoms with Crippen molar-refractivity contribution in [3.63, 3.8) is 0 Å². The second-order valence-electron chi connectivity index (χ2n) is 4.98. The lowest BCUT2D eigenvalue weighted by Crippen LogP contribution is -2.36. The SMILES string of the molecule is CC(NC(=O)C(=O)Nc1cc([N+](=O)[O-])ccc1Cl)c1ccccc1. The molecule has 2 N–H and O–H groups in total. The Hall–Kier alpha value is -2.93. The smallest absolute Gasteiger partial charge is 0.313 e. The van der Waals surface area contributed by atoms with Crippen LogP contribution in [0.4, 0.5) is 11.4 Å². The van der Waals surface area contributed by atoms with E-state index in [2.05, 4.69) is 10.6 Å². The van der Waals surface area contributed by atoms with Crippen LogP contribution >= 0.6 is 11.6 Å². The number of amides is 2. The van der Waals surface area contributed by atoms with Crippen LogP contribution in [0, 0.1) is 10.1 Å². The van der Waals surface area contributed by atoms with E-state index in [1.54, 1.807) is 6.92 Å². The molecule has 2 amide bonds. The Bertz CT molecular complexity index is 780. The molecule has 0 aliphatic rings. The topological polar surface area (TPSA) is 101 Å². The average Bonchev–Trinajstić information content (AvgIpc) is 2.57. The van der Waals surface area contributed by atoms with Crippen molar-refractivity contribution in [2.24, 2.45) is 0 Å². The van der Waals surface area contributed by atoms with Crippen molar-refractivity contribution in [1.29, 1.82) is 0 Å². The van der Waals surface area contributed by atoms with Gasteiger partial charge < -0.3 is 10.6 Å². The number of benzene rings is 2. The van der Waals surface area contributed by atoms with Gasteiger partial charge in [-0.1, -0.05) is 41.9 Å². The highest BCUT2D eigenvalue weighted by Gasteiger charge is 2.19. The highest BCUT2D eigenvalue weighted by Crippen LogP contribution is 2.26. The van der Waals surface area contributed by atoms with Crippen LogP contribution in [0.15, 0.2) is 48.5 Å². The van der Waals surface area contributed by atoms with Crippen molar-refractivity contribution in [3.05, 3.63) is 69.2 Å². The van der Waals surface area contributed by atoms with E-state index in [0.29, 0.717) is 0 Å². The van der Waals surface area contributed by atoms with Gasteiger partial charge in [-0.05, 0) is 18.6 Å². The third-order valence-corrected chi connectivity index (χ3v) is 3.59. The molecule has 0 aliphatic carbocycles. The number of nitrogens with zero attached hydrogens (tertiary/aromatic N) is 1. The Balaban J connectivity index is 2.05. The molecule has 0 heterocycles. The molecule has 0 bridgehead atoms. The van der Waals surface area contributed by atoms with Gasteiger partial charge in [0.1, 0.15) is 0 Å². The molecule has 0 radical (unpaired) electrons. The zero-order valence-electron chi connectivity index (χ0n) is 12.7. The van der Waals surface area contributed by atoms with E-state index in [-0.39, 0.29) is 22.4 Å². The molecule has 0 saturated heterocycles. The zero-order valence-corrected chi connectivity index (χ0v) is 13.4. The molecular formula is C16H14ClN3O4. The molecule has 124 valence electrons. The van der Waals surface area contributed by atoms with Crippen molar-refractivity contribution in [1.82, 2.24) is 5.32 Å². The van der Waals surface area contributed by atoms with Gasteiger partial charge in [0.25, 0.3) is 5.69 Å². The molecule has 0 spiro atoms. The van der Waals surface area contributed by atoms with Gasteiger partial charge >= 0.3 is 11.8 Å². The normalized spacial score (nSPS) is 11.4. The summed E-state index contributed by atoms with van der Waals surface area (Å²) in [4.78, 5) is 34.1. The molecule has 2 aromatic rings. The molecule has 8 heteroatoms. The third kappa shape index (κ3) is 4.30. The van der Waals surface area contributed by atoms with E-state index in [1.165, 1.54) is 12.1 Å². The zero-order chi connectivity index (χ0) is 17.7. The quantitative estimate of drug-likeness (QED) is 0.504. The number of rotatable bonds is 4. The number of carbonyl (C=O) groups is 2. The fourth-order valence-corrected chi connectivity index (χ4v) is 2.15. The second-order valence-corrected chi connectivity index (χ2v) is 5.39. The van der Waals surface area contributed by atoms with E-state index in [1.807, 2.05) is 30.3 Å². The third-order valence-electron chi connectivity index (χ3n) is 3.26. The number of anilines is 1. The summed E-state index contributed by atoms with van der Waals surface area (Å²) in [5, 5.41) is 15.7.